The van der Waals surface area contributed by atoms with Gasteiger partial charge in [0.15, 0.2) is 5.15 Å². The maximum Gasteiger partial charge on any atom is 0.153 e. The summed E-state index contributed by atoms with van der Waals surface area (Å²) in [5.41, 5.74) is 2.26. The fourth-order valence-corrected chi connectivity index (χ4v) is 2.67. The summed E-state index contributed by atoms with van der Waals surface area (Å²) >= 11 is 8.29. The molecule has 0 N–H and O–H groups in total. The number of hydrogen-bond donors (Lipinski definition) is 0. The average Bonchev–Trinajstić information content (AvgIpc) is 2.36. The molecule has 2 aromatic rings. The summed E-state index contributed by atoms with van der Waals surface area (Å²) in [6.45, 7) is 2.08. The highest BCUT2D eigenvalue weighted by molar-refractivity contribution is 14.1. The minimum absolute atomic E-state index is 0.575. The number of fused-ring (bicyclic) bond motifs is 1. The number of nitrogens with zero attached hydrogens (tertiary/aromatic N) is 2. The molecule has 0 saturated carbocycles. The SMILES string of the molecule is Cc1cn(C)c2c(Cl)ncc(I)c12. The Morgan fingerprint density at radius 3 is 2.85 bits per heavy atom. The Hall–Kier alpha value is -0.290. The van der Waals surface area contributed by atoms with Gasteiger partial charge in [-0.2, -0.15) is 0 Å². The number of pyridine rings is 1. The van der Waals surface area contributed by atoms with E-state index in [1.165, 1.54) is 10.9 Å². The van der Waals surface area contributed by atoms with Crippen LogP contribution in [0.15, 0.2) is 12.4 Å². The first-order chi connectivity index (χ1) is 6.11. The summed E-state index contributed by atoms with van der Waals surface area (Å²) in [7, 11) is 1.99. The zero-order valence-corrected chi connectivity index (χ0v) is 10.2. The van der Waals surface area contributed by atoms with Crippen molar-refractivity contribution in [3.8, 4) is 0 Å². The number of halogens is 2. The molecule has 0 aliphatic carbocycles. The predicted molar refractivity (Wildman–Crippen MR) is 63.2 cm³/mol. The Morgan fingerprint density at radius 1 is 1.54 bits per heavy atom. The number of hydrogen-bond acceptors (Lipinski definition) is 1. The predicted octanol–water partition coefficient (Wildman–Crippen LogP) is 3.14. The van der Waals surface area contributed by atoms with E-state index in [-0.39, 0.29) is 0 Å². The molecule has 0 aliphatic heterocycles. The van der Waals surface area contributed by atoms with Crippen molar-refractivity contribution in [3.63, 3.8) is 0 Å². The molecule has 0 aliphatic rings. The molecule has 2 nitrogen and oxygen atoms in total. The van der Waals surface area contributed by atoms with Gasteiger partial charge in [-0.05, 0) is 35.1 Å². The van der Waals surface area contributed by atoms with Gasteiger partial charge < -0.3 is 4.57 Å². The van der Waals surface area contributed by atoms with Crippen molar-refractivity contribution < 1.29 is 0 Å². The van der Waals surface area contributed by atoms with Gasteiger partial charge in [0, 0.05) is 28.4 Å². The van der Waals surface area contributed by atoms with Crippen LogP contribution in [0.1, 0.15) is 5.56 Å². The molecule has 0 amide bonds. The number of rotatable bonds is 0. The molecule has 68 valence electrons. The van der Waals surface area contributed by atoms with E-state index in [4.69, 9.17) is 11.6 Å². The summed E-state index contributed by atoms with van der Waals surface area (Å²) in [6, 6.07) is 0. The van der Waals surface area contributed by atoms with Crippen LogP contribution in [0.3, 0.4) is 0 Å². The second-order valence-corrected chi connectivity index (χ2v) is 4.56. The smallest absolute Gasteiger partial charge is 0.153 e. The third kappa shape index (κ3) is 1.34. The molecule has 0 atom stereocenters. The molecule has 0 aromatic carbocycles. The molecule has 13 heavy (non-hydrogen) atoms. The van der Waals surface area contributed by atoms with Gasteiger partial charge in [0.25, 0.3) is 0 Å². The van der Waals surface area contributed by atoms with Crippen LogP contribution >= 0.6 is 34.2 Å². The first-order valence-corrected chi connectivity index (χ1v) is 5.32. The number of aryl methyl sites for hydroxylation is 2. The Bertz CT molecular complexity index is 434. The molecule has 0 radical (unpaired) electrons. The van der Waals surface area contributed by atoms with Crippen LogP contribution in [0.4, 0.5) is 0 Å². The van der Waals surface area contributed by atoms with Crippen LogP contribution < -0.4 is 0 Å². The lowest BCUT2D eigenvalue weighted by Gasteiger charge is -1.99. The highest BCUT2D eigenvalue weighted by atomic mass is 127. The fraction of sp³-hybridized carbons (Fsp3) is 0.222. The van der Waals surface area contributed by atoms with E-state index in [2.05, 4.69) is 40.7 Å². The maximum absolute atomic E-state index is 6.01. The molecule has 0 fully saturated rings. The molecule has 0 spiro atoms. The van der Waals surface area contributed by atoms with E-state index in [9.17, 15) is 0 Å². The van der Waals surface area contributed by atoms with Gasteiger partial charge in [0.1, 0.15) is 0 Å². The highest BCUT2D eigenvalue weighted by Gasteiger charge is 2.10. The summed E-state index contributed by atoms with van der Waals surface area (Å²) in [4.78, 5) is 4.12. The lowest BCUT2D eigenvalue weighted by molar-refractivity contribution is 0.960. The van der Waals surface area contributed by atoms with Crippen LogP contribution in [-0.4, -0.2) is 9.55 Å². The van der Waals surface area contributed by atoms with Crippen molar-refractivity contribution in [2.24, 2.45) is 7.05 Å². The van der Waals surface area contributed by atoms with Gasteiger partial charge in [-0.25, -0.2) is 4.98 Å². The minimum atomic E-state index is 0.575. The zero-order chi connectivity index (χ0) is 9.59. The molecular formula is C9H8ClIN2. The lowest BCUT2D eigenvalue weighted by Crippen LogP contribution is -1.88. The van der Waals surface area contributed by atoms with E-state index in [0.717, 1.165) is 9.09 Å². The largest absolute Gasteiger partial charge is 0.348 e. The van der Waals surface area contributed by atoms with Crippen molar-refractivity contribution in [3.05, 3.63) is 26.7 Å². The first-order valence-electron chi connectivity index (χ1n) is 3.87. The van der Waals surface area contributed by atoms with Crippen molar-refractivity contribution >= 4 is 45.1 Å². The lowest BCUT2D eigenvalue weighted by atomic mass is 10.2. The van der Waals surface area contributed by atoms with Crippen LogP contribution in [0.25, 0.3) is 10.9 Å². The molecule has 2 aromatic heterocycles. The van der Waals surface area contributed by atoms with E-state index >= 15 is 0 Å². The summed E-state index contributed by atoms with van der Waals surface area (Å²) in [5.74, 6) is 0. The van der Waals surface area contributed by atoms with Crippen LogP contribution in [-0.2, 0) is 7.05 Å². The van der Waals surface area contributed by atoms with Crippen LogP contribution in [0.5, 0.6) is 0 Å². The Kier molecular flexibility index (Phi) is 2.23. The second-order valence-electron chi connectivity index (χ2n) is 3.04. The summed E-state index contributed by atoms with van der Waals surface area (Å²) in [5, 5.41) is 1.79. The molecule has 2 rings (SSSR count). The Labute approximate surface area is 95.0 Å². The van der Waals surface area contributed by atoms with Crippen molar-refractivity contribution in [1.29, 1.82) is 0 Å². The molecular weight excluding hydrogens is 298 g/mol. The van der Waals surface area contributed by atoms with Crippen LogP contribution in [0.2, 0.25) is 5.15 Å². The standard InChI is InChI=1S/C9H8ClIN2/c1-5-4-13(2)8-7(5)6(11)3-12-9(8)10/h3-4H,1-2H3. The maximum atomic E-state index is 6.01. The fourth-order valence-electron chi connectivity index (χ4n) is 1.57. The van der Waals surface area contributed by atoms with Gasteiger partial charge in [-0.15, -0.1) is 0 Å². The normalized spacial score (nSPS) is 11.1. The summed E-state index contributed by atoms with van der Waals surface area (Å²) in [6.07, 6.45) is 3.87. The van der Waals surface area contributed by atoms with E-state index < -0.39 is 0 Å². The Morgan fingerprint density at radius 2 is 2.23 bits per heavy atom. The van der Waals surface area contributed by atoms with Gasteiger partial charge >= 0.3 is 0 Å². The molecule has 0 bridgehead atoms. The van der Waals surface area contributed by atoms with Crippen molar-refractivity contribution in [2.45, 2.75) is 6.92 Å². The van der Waals surface area contributed by atoms with Gasteiger partial charge in [0.05, 0.1) is 5.52 Å². The summed E-state index contributed by atoms with van der Waals surface area (Å²) < 4.78 is 3.16. The van der Waals surface area contributed by atoms with Crippen LogP contribution in [0, 0.1) is 10.5 Å². The minimum Gasteiger partial charge on any atom is -0.348 e. The third-order valence-electron chi connectivity index (χ3n) is 2.10. The average molecular weight is 307 g/mol. The first kappa shape index (κ1) is 9.27. The monoisotopic (exact) mass is 306 g/mol. The quantitative estimate of drug-likeness (QED) is 0.540. The second kappa shape index (κ2) is 3.13. The van der Waals surface area contributed by atoms with Gasteiger partial charge in [-0.1, -0.05) is 11.6 Å². The highest BCUT2D eigenvalue weighted by Crippen LogP contribution is 2.28. The third-order valence-corrected chi connectivity index (χ3v) is 3.19. The van der Waals surface area contributed by atoms with Crippen molar-refractivity contribution in [2.75, 3.05) is 0 Å². The molecule has 0 saturated heterocycles. The molecule has 0 unspecified atom stereocenters. The number of aromatic nitrogens is 2. The Balaban J connectivity index is 3.03. The zero-order valence-electron chi connectivity index (χ0n) is 7.31. The topological polar surface area (TPSA) is 17.8 Å². The van der Waals surface area contributed by atoms with Crippen molar-refractivity contribution in [1.82, 2.24) is 9.55 Å². The van der Waals surface area contributed by atoms with Gasteiger partial charge in [-0.3, -0.25) is 0 Å². The van der Waals surface area contributed by atoms with E-state index in [0.29, 0.717) is 5.15 Å². The van der Waals surface area contributed by atoms with E-state index in [1.54, 1.807) is 6.20 Å². The molecule has 2 heterocycles. The van der Waals surface area contributed by atoms with Gasteiger partial charge in [0.2, 0.25) is 0 Å². The molecule has 4 heteroatoms. The van der Waals surface area contributed by atoms with E-state index in [1.807, 2.05) is 11.6 Å².